The average Bonchev–Trinajstić information content (AvgIpc) is 2.26. The molecule has 0 heterocycles. The van der Waals surface area contributed by atoms with Gasteiger partial charge < -0.3 is 15.6 Å². The topological polar surface area (TPSA) is 84.6 Å². The highest BCUT2D eigenvalue weighted by atomic mass is 16.6. The van der Waals surface area contributed by atoms with E-state index in [9.17, 15) is 9.90 Å². The minimum absolute atomic E-state index is 0.162. The van der Waals surface area contributed by atoms with E-state index in [-0.39, 0.29) is 11.3 Å². The number of rotatable bonds is 4. The summed E-state index contributed by atoms with van der Waals surface area (Å²) in [5.74, 6) is 0.162. The lowest BCUT2D eigenvalue weighted by Gasteiger charge is -2.22. The van der Waals surface area contributed by atoms with E-state index in [2.05, 4.69) is 5.32 Å². The van der Waals surface area contributed by atoms with Crippen LogP contribution in [-0.4, -0.2) is 22.3 Å². The number of phenols is 1. The van der Waals surface area contributed by atoms with Gasteiger partial charge in [0.1, 0.15) is 11.4 Å². The number of anilines is 1. The Morgan fingerprint density at radius 3 is 2.43 bits per heavy atom. The minimum atomic E-state index is -0.555. The summed E-state index contributed by atoms with van der Waals surface area (Å²) in [6, 6.07) is 4.83. The summed E-state index contributed by atoms with van der Waals surface area (Å²) in [6.45, 7) is 9.30. The SMILES string of the molecule is CC(C)(N)CCc1cc(O)ccc1NC(=O)OC(C)(C)C. The normalized spacial score (nSPS) is 12.1. The first-order valence-corrected chi connectivity index (χ1v) is 7.07. The van der Waals surface area contributed by atoms with Crippen LogP contribution in [0.4, 0.5) is 10.5 Å². The largest absolute Gasteiger partial charge is 0.508 e. The maximum absolute atomic E-state index is 11.8. The van der Waals surface area contributed by atoms with Gasteiger partial charge in [-0.3, -0.25) is 5.32 Å². The second kappa shape index (κ2) is 6.35. The highest BCUT2D eigenvalue weighted by Crippen LogP contribution is 2.25. The van der Waals surface area contributed by atoms with Gasteiger partial charge >= 0.3 is 6.09 Å². The number of nitrogens with two attached hydrogens (primary N) is 1. The average molecular weight is 294 g/mol. The van der Waals surface area contributed by atoms with E-state index in [1.54, 1.807) is 32.9 Å². The fourth-order valence-corrected chi connectivity index (χ4v) is 1.78. The van der Waals surface area contributed by atoms with Gasteiger partial charge in [-0.25, -0.2) is 4.79 Å². The number of benzene rings is 1. The number of aryl methyl sites for hydroxylation is 1. The molecule has 0 radical (unpaired) electrons. The smallest absolute Gasteiger partial charge is 0.412 e. The van der Waals surface area contributed by atoms with Crippen molar-refractivity contribution < 1.29 is 14.6 Å². The van der Waals surface area contributed by atoms with Crippen LogP contribution in [0.25, 0.3) is 0 Å². The van der Waals surface area contributed by atoms with E-state index in [4.69, 9.17) is 10.5 Å². The van der Waals surface area contributed by atoms with Gasteiger partial charge in [-0.2, -0.15) is 0 Å². The van der Waals surface area contributed by atoms with Gasteiger partial charge in [-0.05, 0) is 71.2 Å². The summed E-state index contributed by atoms with van der Waals surface area (Å²) < 4.78 is 5.24. The molecule has 21 heavy (non-hydrogen) atoms. The van der Waals surface area contributed by atoms with Crippen molar-refractivity contribution in [2.45, 2.75) is 58.6 Å². The molecule has 0 unspecified atom stereocenters. The monoisotopic (exact) mass is 294 g/mol. The van der Waals surface area contributed by atoms with E-state index in [1.807, 2.05) is 13.8 Å². The third kappa shape index (κ3) is 6.99. The molecule has 5 heteroatoms. The van der Waals surface area contributed by atoms with Crippen LogP contribution in [-0.2, 0) is 11.2 Å². The third-order valence-electron chi connectivity index (χ3n) is 2.76. The Hall–Kier alpha value is -1.75. The van der Waals surface area contributed by atoms with Crippen molar-refractivity contribution >= 4 is 11.8 Å². The minimum Gasteiger partial charge on any atom is -0.508 e. The molecule has 0 saturated carbocycles. The second-order valence-electron chi connectivity index (χ2n) is 6.96. The Balaban J connectivity index is 2.84. The highest BCUT2D eigenvalue weighted by molar-refractivity contribution is 5.86. The molecule has 0 fully saturated rings. The number of hydrogen-bond acceptors (Lipinski definition) is 4. The fraction of sp³-hybridized carbons (Fsp3) is 0.562. The summed E-state index contributed by atoms with van der Waals surface area (Å²) in [6.07, 6.45) is 0.879. The molecule has 0 aromatic heterocycles. The van der Waals surface area contributed by atoms with Crippen LogP contribution in [0.5, 0.6) is 5.75 Å². The lowest BCUT2D eigenvalue weighted by atomic mass is 9.95. The molecule has 1 aromatic carbocycles. The predicted molar refractivity (Wildman–Crippen MR) is 84.6 cm³/mol. The lowest BCUT2D eigenvalue weighted by Crippen LogP contribution is -2.32. The number of amides is 1. The quantitative estimate of drug-likeness (QED) is 0.743. The fourth-order valence-electron chi connectivity index (χ4n) is 1.78. The van der Waals surface area contributed by atoms with Crippen LogP contribution < -0.4 is 11.1 Å². The Morgan fingerprint density at radius 1 is 1.29 bits per heavy atom. The zero-order valence-electron chi connectivity index (χ0n) is 13.5. The molecule has 4 N–H and O–H groups in total. The lowest BCUT2D eigenvalue weighted by molar-refractivity contribution is 0.0635. The van der Waals surface area contributed by atoms with Crippen LogP contribution in [0, 0.1) is 0 Å². The first-order chi connectivity index (χ1) is 9.46. The number of carbonyl (C=O) groups excluding carboxylic acids is 1. The molecule has 1 aromatic rings. The second-order valence-corrected chi connectivity index (χ2v) is 6.96. The van der Waals surface area contributed by atoms with Crippen molar-refractivity contribution in [3.05, 3.63) is 23.8 Å². The summed E-state index contributed by atoms with van der Waals surface area (Å²) in [4.78, 5) is 11.8. The van der Waals surface area contributed by atoms with Crippen molar-refractivity contribution in [3.63, 3.8) is 0 Å². The van der Waals surface area contributed by atoms with Crippen molar-refractivity contribution in [1.82, 2.24) is 0 Å². The maximum Gasteiger partial charge on any atom is 0.412 e. The standard InChI is InChI=1S/C16H26N2O3/c1-15(2,3)21-14(20)18-13-7-6-12(19)10-11(13)8-9-16(4,5)17/h6-7,10,19H,8-9,17H2,1-5H3,(H,18,20). The predicted octanol–water partition coefficient (Wildman–Crippen LogP) is 3.41. The number of phenolic OH excluding ortho intramolecular Hbond substituents is 1. The summed E-state index contributed by atoms with van der Waals surface area (Å²) >= 11 is 0. The van der Waals surface area contributed by atoms with Gasteiger partial charge in [-0.1, -0.05) is 0 Å². The third-order valence-corrected chi connectivity index (χ3v) is 2.76. The van der Waals surface area contributed by atoms with Crippen LogP contribution in [0.1, 0.15) is 46.6 Å². The van der Waals surface area contributed by atoms with Gasteiger partial charge in [0.25, 0.3) is 0 Å². The van der Waals surface area contributed by atoms with E-state index < -0.39 is 11.7 Å². The molecule has 1 rings (SSSR count). The Kier molecular flexibility index (Phi) is 5.23. The Bertz CT molecular complexity index is 499. The van der Waals surface area contributed by atoms with E-state index in [0.717, 1.165) is 12.0 Å². The first-order valence-electron chi connectivity index (χ1n) is 7.07. The van der Waals surface area contributed by atoms with Crippen molar-refractivity contribution in [1.29, 1.82) is 0 Å². The molecule has 118 valence electrons. The van der Waals surface area contributed by atoms with Crippen molar-refractivity contribution in [2.75, 3.05) is 5.32 Å². The molecule has 0 aliphatic rings. The van der Waals surface area contributed by atoms with Crippen LogP contribution >= 0.6 is 0 Å². The van der Waals surface area contributed by atoms with Crippen molar-refractivity contribution in [3.8, 4) is 5.75 Å². The van der Waals surface area contributed by atoms with E-state index in [0.29, 0.717) is 12.1 Å². The van der Waals surface area contributed by atoms with Crippen LogP contribution in [0.2, 0.25) is 0 Å². The number of ether oxygens (including phenoxy) is 1. The van der Waals surface area contributed by atoms with Gasteiger partial charge in [0.2, 0.25) is 0 Å². The molecule has 0 saturated heterocycles. The maximum atomic E-state index is 11.8. The zero-order valence-corrected chi connectivity index (χ0v) is 13.5. The summed E-state index contributed by atoms with van der Waals surface area (Å²) in [7, 11) is 0. The molecule has 1 amide bonds. The van der Waals surface area contributed by atoms with Crippen LogP contribution in [0.15, 0.2) is 18.2 Å². The molecular weight excluding hydrogens is 268 g/mol. The first kappa shape index (κ1) is 17.3. The number of nitrogens with one attached hydrogen (secondary N) is 1. The molecule has 0 atom stereocenters. The van der Waals surface area contributed by atoms with Crippen molar-refractivity contribution in [2.24, 2.45) is 5.73 Å². The molecule has 0 bridgehead atoms. The van der Waals surface area contributed by atoms with E-state index >= 15 is 0 Å². The van der Waals surface area contributed by atoms with Crippen LogP contribution in [0.3, 0.4) is 0 Å². The Labute approximate surface area is 126 Å². The molecular formula is C16H26N2O3. The highest BCUT2D eigenvalue weighted by Gasteiger charge is 2.18. The Morgan fingerprint density at radius 2 is 1.90 bits per heavy atom. The van der Waals surface area contributed by atoms with Gasteiger partial charge in [0.05, 0.1) is 0 Å². The number of aromatic hydroxyl groups is 1. The van der Waals surface area contributed by atoms with Gasteiger partial charge in [0, 0.05) is 11.2 Å². The van der Waals surface area contributed by atoms with Gasteiger partial charge in [-0.15, -0.1) is 0 Å². The molecule has 0 aliphatic carbocycles. The molecule has 5 nitrogen and oxygen atoms in total. The van der Waals surface area contributed by atoms with E-state index in [1.165, 1.54) is 6.07 Å². The van der Waals surface area contributed by atoms with Gasteiger partial charge in [0.15, 0.2) is 0 Å². The number of carbonyl (C=O) groups is 1. The molecule has 0 spiro atoms. The summed E-state index contributed by atoms with van der Waals surface area (Å²) in [5, 5.41) is 12.3. The molecule has 0 aliphatic heterocycles. The summed E-state index contributed by atoms with van der Waals surface area (Å²) in [5.41, 5.74) is 6.58. The number of hydrogen-bond donors (Lipinski definition) is 3. The zero-order chi connectivity index (χ0) is 16.3.